The summed E-state index contributed by atoms with van der Waals surface area (Å²) in [4.78, 5) is 11.7. The van der Waals surface area contributed by atoms with E-state index in [4.69, 9.17) is 10.5 Å². The number of nitrogens with one attached hydrogen (secondary N) is 1. The van der Waals surface area contributed by atoms with Crippen molar-refractivity contribution in [1.29, 1.82) is 0 Å². The zero-order valence-corrected chi connectivity index (χ0v) is 11.7. The number of carbonyl (C=O) groups excluding carboxylic acids is 1. The van der Waals surface area contributed by atoms with Crippen LogP contribution in [-0.2, 0) is 9.53 Å². The number of nitrogens with two attached hydrogens (primary N) is 1. The maximum absolute atomic E-state index is 11.7. The van der Waals surface area contributed by atoms with Gasteiger partial charge in [-0.3, -0.25) is 4.79 Å². The van der Waals surface area contributed by atoms with Crippen molar-refractivity contribution in [2.75, 3.05) is 17.7 Å². The smallest absolute Gasteiger partial charge is 0.224 e. The van der Waals surface area contributed by atoms with E-state index in [0.29, 0.717) is 12.1 Å². The fourth-order valence-electron chi connectivity index (χ4n) is 2.01. The number of carbonyl (C=O) groups is 1. The number of nitrogen functional groups attached to an aromatic ring is 1. The molecule has 98 valence electrons. The average Bonchev–Trinajstić information content (AvgIpc) is 2.84. The molecule has 4 nitrogen and oxygen atoms in total. The second kappa shape index (κ2) is 6.20. The minimum Gasteiger partial charge on any atom is -0.398 e. The van der Waals surface area contributed by atoms with Crippen molar-refractivity contribution in [1.82, 2.24) is 0 Å². The molecule has 0 radical (unpaired) electrons. The van der Waals surface area contributed by atoms with E-state index >= 15 is 0 Å². The summed E-state index contributed by atoms with van der Waals surface area (Å²) in [6.07, 6.45) is 3.71. The highest BCUT2D eigenvalue weighted by molar-refractivity contribution is 9.10. The van der Waals surface area contributed by atoms with Crippen LogP contribution >= 0.6 is 15.9 Å². The van der Waals surface area contributed by atoms with Crippen molar-refractivity contribution in [2.24, 2.45) is 0 Å². The Morgan fingerprint density at radius 1 is 1.56 bits per heavy atom. The van der Waals surface area contributed by atoms with Crippen LogP contribution < -0.4 is 11.1 Å². The van der Waals surface area contributed by atoms with E-state index in [-0.39, 0.29) is 12.0 Å². The third kappa shape index (κ3) is 3.71. The van der Waals surface area contributed by atoms with Crippen LogP contribution in [0.4, 0.5) is 11.4 Å². The Hall–Kier alpha value is -1.07. The summed E-state index contributed by atoms with van der Waals surface area (Å²) in [6, 6.07) is 5.39. The minimum absolute atomic E-state index is 0.00669. The number of benzene rings is 1. The van der Waals surface area contributed by atoms with E-state index in [2.05, 4.69) is 21.2 Å². The molecular formula is C13H17BrN2O2. The molecule has 1 heterocycles. The summed E-state index contributed by atoms with van der Waals surface area (Å²) >= 11 is 3.32. The molecule has 0 saturated carbocycles. The molecule has 1 saturated heterocycles. The normalized spacial score (nSPS) is 18.8. The van der Waals surface area contributed by atoms with Crippen LogP contribution in [-0.4, -0.2) is 18.6 Å². The lowest BCUT2D eigenvalue weighted by atomic mass is 10.1. The van der Waals surface area contributed by atoms with Gasteiger partial charge in [0, 0.05) is 28.9 Å². The Kier molecular flexibility index (Phi) is 4.60. The highest BCUT2D eigenvalue weighted by Gasteiger charge is 2.16. The first-order valence-corrected chi connectivity index (χ1v) is 6.91. The van der Waals surface area contributed by atoms with Gasteiger partial charge in [0.1, 0.15) is 0 Å². The number of amides is 1. The Morgan fingerprint density at radius 3 is 3.06 bits per heavy atom. The lowest BCUT2D eigenvalue weighted by Gasteiger charge is -2.10. The lowest BCUT2D eigenvalue weighted by Crippen LogP contribution is -2.15. The molecule has 1 fully saturated rings. The molecule has 0 aliphatic carbocycles. The van der Waals surface area contributed by atoms with Crippen molar-refractivity contribution >= 4 is 33.2 Å². The number of rotatable bonds is 4. The second-order valence-electron chi connectivity index (χ2n) is 4.46. The molecule has 1 amide bonds. The fourth-order valence-corrected chi connectivity index (χ4v) is 2.26. The zero-order chi connectivity index (χ0) is 13.0. The van der Waals surface area contributed by atoms with Gasteiger partial charge in [0.05, 0.1) is 6.10 Å². The van der Waals surface area contributed by atoms with E-state index in [9.17, 15) is 4.79 Å². The third-order valence-electron chi connectivity index (χ3n) is 3.00. The number of hydrogen-bond donors (Lipinski definition) is 2. The minimum atomic E-state index is 0.00669. The number of halogens is 1. The molecule has 3 N–H and O–H groups in total. The topological polar surface area (TPSA) is 64.3 Å². The summed E-state index contributed by atoms with van der Waals surface area (Å²) in [5, 5.41) is 2.84. The monoisotopic (exact) mass is 312 g/mol. The summed E-state index contributed by atoms with van der Waals surface area (Å²) in [5.74, 6) is 0.00669. The van der Waals surface area contributed by atoms with Crippen molar-refractivity contribution in [3.8, 4) is 0 Å². The van der Waals surface area contributed by atoms with E-state index in [1.165, 1.54) is 0 Å². The first kappa shape index (κ1) is 13.4. The molecule has 1 aliphatic heterocycles. The summed E-state index contributed by atoms with van der Waals surface area (Å²) < 4.78 is 6.32. The van der Waals surface area contributed by atoms with Gasteiger partial charge in [0.25, 0.3) is 0 Å². The molecule has 0 aromatic heterocycles. The molecule has 0 spiro atoms. The van der Waals surface area contributed by atoms with Gasteiger partial charge < -0.3 is 15.8 Å². The molecule has 18 heavy (non-hydrogen) atoms. The van der Waals surface area contributed by atoms with Crippen LogP contribution in [0.25, 0.3) is 0 Å². The zero-order valence-electron chi connectivity index (χ0n) is 10.1. The maximum Gasteiger partial charge on any atom is 0.224 e. The Balaban J connectivity index is 1.80. The molecular weight excluding hydrogens is 296 g/mol. The molecule has 1 atom stereocenters. The first-order valence-electron chi connectivity index (χ1n) is 6.11. The van der Waals surface area contributed by atoms with Crippen LogP contribution in [0.3, 0.4) is 0 Å². The van der Waals surface area contributed by atoms with Gasteiger partial charge >= 0.3 is 0 Å². The lowest BCUT2D eigenvalue weighted by molar-refractivity contribution is -0.116. The van der Waals surface area contributed by atoms with Gasteiger partial charge in [-0.2, -0.15) is 0 Å². The largest absolute Gasteiger partial charge is 0.398 e. The van der Waals surface area contributed by atoms with E-state index < -0.39 is 0 Å². The standard InChI is InChI=1S/C13H17BrN2O2/c14-11-5-3-9(8-12(11)15)16-13(17)6-4-10-2-1-7-18-10/h3,5,8,10H,1-2,4,6-7,15H2,(H,16,17). The quantitative estimate of drug-likeness (QED) is 0.840. The molecule has 5 heteroatoms. The van der Waals surface area contributed by atoms with Gasteiger partial charge in [0.2, 0.25) is 5.91 Å². The predicted molar refractivity (Wildman–Crippen MR) is 75.4 cm³/mol. The summed E-state index contributed by atoms with van der Waals surface area (Å²) in [6.45, 7) is 0.829. The Morgan fingerprint density at radius 2 is 2.39 bits per heavy atom. The first-order chi connectivity index (χ1) is 8.65. The van der Waals surface area contributed by atoms with Crippen LogP contribution in [0.1, 0.15) is 25.7 Å². The molecule has 1 aromatic rings. The van der Waals surface area contributed by atoms with Crippen molar-refractivity contribution < 1.29 is 9.53 Å². The maximum atomic E-state index is 11.7. The van der Waals surface area contributed by atoms with E-state index in [0.717, 1.165) is 36.0 Å². The fraction of sp³-hybridized carbons (Fsp3) is 0.462. The molecule has 0 bridgehead atoms. The third-order valence-corrected chi connectivity index (χ3v) is 3.72. The van der Waals surface area contributed by atoms with Crippen molar-refractivity contribution in [2.45, 2.75) is 31.8 Å². The van der Waals surface area contributed by atoms with Gasteiger partial charge in [-0.15, -0.1) is 0 Å². The van der Waals surface area contributed by atoms with E-state index in [1.807, 2.05) is 12.1 Å². The highest BCUT2D eigenvalue weighted by Crippen LogP contribution is 2.23. The summed E-state index contributed by atoms with van der Waals surface area (Å²) in [5.41, 5.74) is 7.10. The van der Waals surface area contributed by atoms with Crippen LogP contribution in [0.2, 0.25) is 0 Å². The summed E-state index contributed by atoms with van der Waals surface area (Å²) in [7, 11) is 0. The van der Waals surface area contributed by atoms with E-state index in [1.54, 1.807) is 6.07 Å². The molecule has 1 aliphatic rings. The van der Waals surface area contributed by atoms with Gasteiger partial charge in [-0.25, -0.2) is 0 Å². The number of ether oxygens (including phenoxy) is 1. The van der Waals surface area contributed by atoms with Gasteiger partial charge in [-0.1, -0.05) is 0 Å². The molecule has 1 unspecified atom stereocenters. The molecule has 2 rings (SSSR count). The van der Waals surface area contributed by atoms with Gasteiger partial charge in [0.15, 0.2) is 0 Å². The average molecular weight is 313 g/mol. The van der Waals surface area contributed by atoms with Crippen LogP contribution in [0.15, 0.2) is 22.7 Å². The van der Waals surface area contributed by atoms with Crippen molar-refractivity contribution in [3.05, 3.63) is 22.7 Å². The highest BCUT2D eigenvalue weighted by atomic mass is 79.9. The van der Waals surface area contributed by atoms with Crippen LogP contribution in [0, 0.1) is 0 Å². The second-order valence-corrected chi connectivity index (χ2v) is 5.31. The SMILES string of the molecule is Nc1cc(NC(=O)CCC2CCCO2)ccc1Br. The Labute approximate surface area is 115 Å². The van der Waals surface area contributed by atoms with Crippen LogP contribution in [0.5, 0.6) is 0 Å². The number of anilines is 2. The number of hydrogen-bond acceptors (Lipinski definition) is 3. The Bertz CT molecular complexity index is 431. The van der Waals surface area contributed by atoms with Gasteiger partial charge in [-0.05, 0) is 53.4 Å². The predicted octanol–water partition coefficient (Wildman–Crippen LogP) is 2.93. The molecule has 1 aromatic carbocycles. The van der Waals surface area contributed by atoms with Crippen molar-refractivity contribution in [3.63, 3.8) is 0 Å².